The number of nitrogens with one attached hydrogen (secondary N) is 2. The molecule has 0 radical (unpaired) electrons. The van der Waals surface area contributed by atoms with Crippen LogP contribution in [0.5, 0.6) is 0 Å². The Balaban J connectivity index is 1.64. The van der Waals surface area contributed by atoms with E-state index in [0.717, 1.165) is 24.2 Å². The molecule has 1 fully saturated rings. The third kappa shape index (κ3) is 5.36. The number of urea groups is 1. The number of nitrogens with zero attached hydrogens (tertiary/aromatic N) is 1. The van der Waals surface area contributed by atoms with Crippen LogP contribution >= 0.6 is 0 Å². The molecule has 0 bridgehead atoms. The summed E-state index contributed by atoms with van der Waals surface area (Å²) >= 11 is 0. The molecule has 0 aliphatic carbocycles. The third-order valence-electron chi connectivity index (χ3n) is 3.79. The van der Waals surface area contributed by atoms with Crippen molar-refractivity contribution in [3.63, 3.8) is 0 Å². The highest BCUT2D eigenvalue weighted by atomic mass is 16.3. The van der Waals surface area contributed by atoms with Crippen LogP contribution in [0.15, 0.2) is 24.3 Å². The Morgan fingerprint density at radius 3 is 2.57 bits per heavy atom. The molecule has 1 heterocycles. The predicted molar refractivity (Wildman–Crippen MR) is 84.4 cm³/mol. The highest BCUT2D eigenvalue weighted by Gasteiger charge is 2.10. The Morgan fingerprint density at radius 1 is 1.29 bits per heavy atom. The number of rotatable bonds is 6. The van der Waals surface area contributed by atoms with E-state index in [0.29, 0.717) is 6.54 Å². The van der Waals surface area contributed by atoms with Crippen LogP contribution < -0.4 is 10.6 Å². The van der Waals surface area contributed by atoms with Gasteiger partial charge in [0, 0.05) is 12.2 Å². The molecule has 5 nitrogen and oxygen atoms in total. The Bertz CT molecular complexity index is 439. The number of hydrogen-bond donors (Lipinski definition) is 3. The van der Waals surface area contributed by atoms with Crippen molar-refractivity contribution in [1.29, 1.82) is 0 Å². The molecule has 1 unspecified atom stereocenters. The van der Waals surface area contributed by atoms with E-state index in [9.17, 15) is 9.90 Å². The quantitative estimate of drug-likeness (QED) is 0.705. The zero-order valence-corrected chi connectivity index (χ0v) is 12.6. The number of carbonyl (C=O) groups is 1. The molecular formula is C16H25N3O2. The number of anilines is 1. The van der Waals surface area contributed by atoms with Gasteiger partial charge in [0.15, 0.2) is 0 Å². The van der Waals surface area contributed by atoms with Crippen molar-refractivity contribution >= 4 is 11.7 Å². The summed E-state index contributed by atoms with van der Waals surface area (Å²) in [5.41, 5.74) is 1.57. The largest absolute Gasteiger partial charge is 0.389 e. The summed E-state index contributed by atoms with van der Waals surface area (Å²) in [4.78, 5) is 14.2. The van der Waals surface area contributed by atoms with Gasteiger partial charge in [0.1, 0.15) is 0 Å². The van der Waals surface area contributed by atoms with Crippen molar-refractivity contribution in [3.8, 4) is 0 Å². The highest BCUT2D eigenvalue weighted by molar-refractivity contribution is 5.89. The maximum Gasteiger partial charge on any atom is 0.319 e. The van der Waals surface area contributed by atoms with Crippen LogP contribution in [0.25, 0.3) is 0 Å². The SMILES string of the molecule is CC(O)c1ccc(NC(=O)NCCCN2CCCC2)cc1. The van der Waals surface area contributed by atoms with Gasteiger partial charge in [-0.1, -0.05) is 12.1 Å². The molecule has 2 amide bonds. The first-order valence-electron chi connectivity index (χ1n) is 7.70. The van der Waals surface area contributed by atoms with E-state index in [2.05, 4.69) is 15.5 Å². The summed E-state index contributed by atoms with van der Waals surface area (Å²) in [6.45, 7) is 5.86. The molecule has 21 heavy (non-hydrogen) atoms. The van der Waals surface area contributed by atoms with Crippen molar-refractivity contribution in [1.82, 2.24) is 10.2 Å². The first-order valence-corrected chi connectivity index (χ1v) is 7.70. The van der Waals surface area contributed by atoms with E-state index < -0.39 is 6.10 Å². The summed E-state index contributed by atoms with van der Waals surface area (Å²) in [7, 11) is 0. The monoisotopic (exact) mass is 291 g/mol. The number of amides is 2. The number of benzene rings is 1. The lowest BCUT2D eigenvalue weighted by Crippen LogP contribution is -2.31. The van der Waals surface area contributed by atoms with Gasteiger partial charge < -0.3 is 20.6 Å². The molecule has 1 aromatic carbocycles. The van der Waals surface area contributed by atoms with E-state index in [-0.39, 0.29) is 6.03 Å². The molecule has 0 aromatic heterocycles. The van der Waals surface area contributed by atoms with Crippen LogP contribution in [0.3, 0.4) is 0 Å². The smallest absolute Gasteiger partial charge is 0.319 e. The van der Waals surface area contributed by atoms with Crippen molar-refractivity contribution in [2.45, 2.75) is 32.3 Å². The number of aliphatic hydroxyl groups is 1. The standard InChI is InChI=1S/C16H25N3O2/c1-13(20)14-5-7-15(8-6-14)18-16(21)17-9-4-12-19-10-2-3-11-19/h5-8,13,20H,2-4,9-12H2,1H3,(H2,17,18,21). The van der Waals surface area contributed by atoms with Gasteiger partial charge >= 0.3 is 6.03 Å². The maximum atomic E-state index is 11.7. The van der Waals surface area contributed by atoms with Crippen LogP contribution in [0.1, 0.15) is 37.9 Å². The van der Waals surface area contributed by atoms with E-state index in [1.807, 2.05) is 12.1 Å². The van der Waals surface area contributed by atoms with Gasteiger partial charge in [-0.05, 0) is 63.5 Å². The summed E-state index contributed by atoms with van der Waals surface area (Å²) in [5, 5.41) is 15.1. The minimum absolute atomic E-state index is 0.179. The van der Waals surface area contributed by atoms with Gasteiger partial charge in [-0.2, -0.15) is 0 Å². The molecular weight excluding hydrogens is 266 g/mol. The molecule has 1 aliphatic heterocycles. The van der Waals surface area contributed by atoms with Crippen LogP contribution in [0.2, 0.25) is 0 Å². The van der Waals surface area contributed by atoms with Gasteiger partial charge in [0.25, 0.3) is 0 Å². The zero-order chi connectivity index (χ0) is 15.1. The van der Waals surface area contributed by atoms with Crippen molar-refractivity contribution in [2.75, 3.05) is 31.5 Å². The molecule has 0 spiro atoms. The second-order valence-corrected chi connectivity index (χ2v) is 5.58. The lowest BCUT2D eigenvalue weighted by molar-refractivity contribution is 0.199. The van der Waals surface area contributed by atoms with Crippen molar-refractivity contribution in [2.24, 2.45) is 0 Å². The Morgan fingerprint density at radius 2 is 1.95 bits per heavy atom. The lowest BCUT2D eigenvalue weighted by atomic mass is 10.1. The van der Waals surface area contributed by atoms with E-state index in [1.54, 1.807) is 19.1 Å². The molecule has 1 saturated heterocycles. The third-order valence-corrected chi connectivity index (χ3v) is 3.79. The lowest BCUT2D eigenvalue weighted by Gasteiger charge is -2.14. The van der Waals surface area contributed by atoms with E-state index in [4.69, 9.17) is 0 Å². The Hall–Kier alpha value is -1.59. The van der Waals surface area contributed by atoms with Gasteiger partial charge in [0.05, 0.1) is 6.10 Å². The van der Waals surface area contributed by atoms with Gasteiger partial charge in [0.2, 0.25) is 0 Å². The van der Waals surface area contributed by atoms with Crippen LogP contribution in [-0.2, 0) is 0 Å². The fourth-order valence-corrected chi connectivity index (χ4v) is 2.53. The van der Waals surface area contributed by atoms with Crippen molar-refractivity contribution < 1.29 is 9.90 Å². The molecule has 3 N–H and O–H groups in total. The Labute approximate surface area is 126 Å². The topological polar surface area (TPSA) is 64.6 Å². The van der Waals surface area contributed by atoms with Crippen LogP contribution in [-0.4, -0.2) is 42.2 Å². The second kappa shape index (κ2) is 8.00. The number of carbonyl (C=O) groups excluding carboxylic acids is 1. The zero-order valence-electron chi connectivity index (χ0n) is 12.6. The second-order valence-electron chi connectivity index (χ2n) is 5.58. The van der Waals surface area contributed by atoms with Crippen LogP contribution in [0.4, 0.5) is 10.5 Å². The van der Waals surface area contributed by atoms with E-state index in [1.165, 1.54) is 25.9 Å². The van der Waals surface area contributed by atoms with Gasteiger partial charge in [-0.25, -0.2) is 4.79 Å². The average Bonchev–Trinajstić information content (AvgIpc) is 2.97. The molecule has 2 rings (SSSR count). The normalized spacial score (nSPS) is 16.7. The first kappa shape index (κ1) is 15.8. The van der Waals surface area contributed by atoms with Gasteiger partial charge in [-0.15, -0.1) is 0 Å². The summed E-state index contributed by atoms with van der Waals surface area (Å²) in [6, 6.07) is 7.04. The minimum Gasteiger partial charge on any atom is -0.389 e. The minimum atomic E-state index is -0.488. The highest BCUT2D eigenvalue weighted by Crippen LogP contribution is 2.15. The number of hydrogen-bond acceptors (Lipinski definition) is 3. The Kier molecular flexibility index (Phi) is 6.02. The molecule has 1 aromatic rings. The molecule has 116 valence electrons. The fraction of sp³-hybridized carbons (Fsp3) is 0.562. The molecule has 5 heteroatoms. The molecule has 1 atom stereocenters. The van der Waals surface area contributed by atoms with Crippen LogP contribution in [0, 0.1) is 0 Å². The maximum absolute atomic E-state index is 11.7. The summed E-state index contributed by atoms with van der Waals surface area (Å²) in [5.74, 6) is 0. The number of aliphatic hydroxyl groups excluding tert-OH is 1. The molecule has 0 saturated carbocycles. The average molecular weight is 291 g/mol. The first-order chi connectivity index (χ1) is 10.1. The van der Waals surface area contributed by atoms with Crippen molar-refractivity contribution in [3.05, 3.63) is 29.8 Å². The number of likely N-dealkylation sites (tertiary alicyclic amines) is 1. The fourth-order valence-electron chi connectivity index (χ4n) is 2.53. The molecule has 1 aliphatic rings. The van der Waals surface area contributed by atoms with Gasteiger partial charge in [-0.3, -0.25) is 0 Å². The predicted octanol–water partition coefficient (Wildman–Crippen LogP) is 2.35. The van der Waals surface area contributed by atoms with E-state index >= 15 is 0 Å². The summed E-state index contributed by atoms with van der Waals surface area (Å²) < 4.78 is 0. The summed E-state index contributed by atoms with van der Waals surface area (Å²) in [6.07, 6.45) is 3.10.